The molecule has 0 unspecified atom stereocenters. The number of hydrogen-bond acceptors (Lipinski definition) is 2. The van der Waals surface area contributed by atoms with Crippen LogP contribution in [0.3, 0.4) is 0 Å². The summed E-state index contributed by atoms with van der Waals surface area (Å²) in [5.74, 6) is 4.92. The second kappa shape index (κ2) is 5.31. The van der Waals surface area contributed by atoms with Crippen molar-refractivity contribution in [2.45, 2.75) is 84.2 Å². The van der Waals surface area contributed by atoms with E-state index in [-0.39, 0.29) is 0 Å². The largest absolute Gasteiger partial charge is 0.390 e. The Labute approximate surface area is 141 Å². The lowest BCUT2D eigenvalue weighted by Gasteiger charge is -2.56. The van der Waals surface area contributed by atoms with Crippen LogP contribution >= 0.6 is 0 Å². The molecule has 1 N–H and O–H groups in total. The molecule has 4 saturated carbocycles. The molecule has 0 aliphatic heterocycles. The van der Waals surface area contributed by atoms with Crippen molar-refractivity contribution in [3.8, 4) is 0 Å². The number of fused-ring (bicyclic) bond motifs is 5. The molecule has 0 heterocycles. The number of ketones is 1. The topological polar surface area (TPSA) is 37.3 Å². The summed E-state index contributed by atoms with van der Waals surface area (Å²) >= 11 is 0. The first-order valence-corrected chi connectivity index (χ1v) is 10.0. The highest BCUT2D eigenvalue weighted by molar-refractivity contribution is 5.79. The van der Waals surface area contributed by atoms with Crippen LogP contribution in [0.5, 0.6) is 0 Å². The van der Waals surface area contributed by atoms with Crippen LogP contribution in [0.25, 0.3) is 0 Å². The van der Waals surface area contributed by atoms with Crippen LogP contribution in [0.15, 0.2) is 0 Å². The van der Waals surface area contributed by atoms with Gasteiger partial charge in [0.2, 0.25) is 0 Å². The molecule has 4 fully saturated rings. The van der Waals surface area contributed by atoms with Crippen LogP contribution in [0.1, 0.15) is 78.6 Å². The van der Waals surface area contributed by atoms with E-state index in [2.05, 4.69) is 6.92 Å². The normalized spacial score (nSPS) is 55.7. The zero-order chi connectivity index (χ0) is 16.4. The minimum Gasteiger partial charge on any atom is -0.390 e. The van der Waals surface area contributed by atoms with Crippen molar-refractivity contribution in [2.24, 2.45) is 40.9 Å². The van der Waals surface area contributed by atoms with E-state index < -0.39 is 5.60 Å². The lowest BCUT2D eigenvalue weighted by molar-refractivity contribution is -0.130. The maximum atomic E-state index is 12.1. The molecule has 0 radical (unpaired) electrons. The Morgan fingerprint density at radius 2 is 1.65 bits per heavy atom. The van der Waals surface area contributed by atoms with E-state index in [9.17, 15) is 9.90 Å². The molecule has 4 aliphatic rings. The fraction of sp³-hybridized carbons (Fsp3) is 0.952. The van der Waals surface area contributed by atoms with Gasteiger partial charge in [-0.2, -0.15) is 0 Å². The van der Waals surface area contributed by atoms with E-state index in [0.717, 1.165) is 48.9 Å². The number of Topliss-reactive ketones (excluding diaryl/α,β-unsaturated/α-hetero) is 1. The van der Waals surface area contributed by atoms with Crippen LogP contribution < -0.4 is 0 Å². The van der Waals surface area contributed by atoms with Crippen LogP contribution in [-0.2, 0) is 4.79 Å². The van der Waals surface area contributed by atoms with Gasteiger partial charge in [0.15, 0.2) is 0 Å². The van der Waals surface area contributed by atoms with Gasteiger partial charge in [0.05, 0.1) is 5.60 Å². The molecule has 0 spiro atoms. The van der Waals surface area contributed by atoms with Gasteiger partial charge < -0.3 is 5.11 Å². The van der Waals surface area contributed by atoms with E-state index in [1.807, 2.05) is 13.8 Å². The molecular weight excluding hydrogens is 284 g/mol. The highest BCUT2D eigenvalue weighted by Gasteiger charge is 2.58. The highest BCUT2D eigenvalue weighted by atomic mass is 16.3. The fourth-order valence-corrected chi connectivity index (χ4v) is 7.75. The molecule has 2 heteroatoms. The van der Waals surface area contributed by atoms with Crippen molar-refractivity contribution in [1.29, 1.82) is 0 Å². The van der Waals surface area contributed by atoms with Gasteiger partial charge in [-0.15, -0.1) is 0 Å². The van der Waals surface area contributed by atoms with Crippen molar-refractivity contribution < 1.29 is 9.90 Å². The van der Waals surface area contributed by atoms with Crippen LogP contribution in [0.4, 0.5) is 0 Å². The van der Waals surface area contributed by atoms with Crippen molar-refractivity contribution >= 4 is 5.78 Å². The first-order valence-electron chi connectivity index (χ1n) is 10.0. The molecule has 0 bridgehead atoms. The number of carbonyl (C=O) groups is 1. The van der Waals surface area contributed by atoms with Gasteiger partial charge in [0.1, 0.15) is 5.78 Å². The predicted octanol–water partition coefficient (Wildman–Crippen LogP) is 4.60. The Hall–Kier alpha value is -0.370. The third-order valence-electron chi connectivity index (χ3n) is 8.73. The van der Waals surface area contributed by atoms with Gasteiger partial charge in [-0.05, 0) is 107 Å². The quantitative estimate of drug-likeness (QED) is 0.767. The summed E-state index contributed by atoms with van der Waals surface area (Å²) in [7, 11) is 0. The average molecular weight is 319 g/mol. The summed E-state index contributed by atoms with van der Waals surface area (Å²) < 4.78 is 0. The van der Waals surface area contributed by atoms with Gasteiger partial charge in [-0.1, -0.05) is 6.92 Å². The summed E-state index contributed by atoms with van der Waals surface area (Å²) in [6.07, 6.45) is 11.0. The minimum absolute atomic E-state index is 0.292. The predicted molar refractivity (Wildman–Crippen MR) is 91.9 cm³/mol. The van der Waals surface area contributed by atoms with Crippen LogP contribution in [0.2, 0.25) is 0 Å². The molecule has 0 saturated heterocycles. The zero-order valence-corrected chi connectivity index (χ0v) is 15.2. The average Bonchev–Trinajstić information content (AvgIpc) is 2.83. The Morgan fingerprint density at radius 1 is 0.913 bits per heavy atom. The molecule has 130 valence electrons. The molecule has 2 nitrogen and oxygen atoms in total. The molecule has 0 aromatic heterocycles. The SMILES string of the molecule is CC(=O)[C@H]1CC[C@@H]2[C@@H]3CC[C@H]4C[C@@](C)(O)CC[C@H]4[C@H]3CC[C@]12C. The number of hydrogen-bond donors (Lipinski definition) is 1. The summed E-state index contributed by atoms with van der Waals surface area (Å²) in [5, 5.41) is 10.5. The monoisotopic (exact) mass is 318 g/mol. The number of carbonyl (C=O) groups excluding carboxylic acids is 1. The van der Waals surface area contributed by atoms with E-state index in [1.165, 1.54) is 38.5 Å². The third-order valence-corrected chi connectivity index (χ3v) is 8.73. The summed E-state index contributed by atoms with van der Waals surface area (Å²) in [6.45, 7) is 6.30. The van der Waals surface area contributed by atoms with Gasteiger partial charge in [0.25, 0.3) is 0 Å². The van der Waals surface area contributed by atoms with Crippen molar-refractivity contribution in [2.75, 3.05) is 0 Å². The van der Waals surface area contributed by atoms with Crippen LogP contribution in [-0.4, -0.2) is 16.5 Å². The summed E-state index contributed by atoms with van der Waals surface area (Å²) in [4.78, 5) is 12.1. The molecular formula is C21H34O2. The Morgan fingerprint density at radius 3 is 2.39 bits per heavy atom. The summed E-state index contributed by atoms with van der Waals surface area (Å²) in [6, 6.07) is 0. The van der Waals surface area contributed by atoms with Gasteiger partial charge >= 0.3 is 0 Å². The van der Waals surface area contributed by atoms with Crippen molar-refractivity contribution in [3.05, 3.63) is 0 Å². The molecule has 4 aliphatic carbocycles. The highest BCUT2D eigenvalue weighted by Crippen LogP contribution is 2.64. The van der Waals surface area contributed by atoms with Gasteiger partial charge in [-0.25, -0.2) is 0 Å². The Kier molecular flexibility index (Phi) is 3.72. The van der Waals surface area contributed by atoms with E-state index in [0.29, 0.717) is 17.1 Å². The summed E-state index contributed by atoms with van der Waals surface area (Å²) in [5.41, 5.74) is -0.121. The van der Waals surface area contributed by atoms with Gasteiger partial charge in [-0.3, -0.25) is 4.79 Å². The molecule has 0 aromatic carbocycles. The van der Waals surface area contributed by atoms with E-state index in [4.69, 9.17) is 0 Å². The van der Waals surface area contributed by atoms with Gasteiger partial charge in [0, 0.05) is 5.92 Å². The molecule has 0 aromatic rings. The Bertz CT molecular complexity index is 496. The second-order valence-corrected chi connectivity index (χ2v) is 9.96. The first-order chi connectivity index (χ1) is 10.8. The molecule has 23 heavy (non-hydrogen) atoms. The van der Waals surface area contributed by atoms with Crippen LogP contribution in [0, 0.1) is 40.9 Å². The fourth-order valence-electron chi connectivity index (χ4n) is 7.75. The van der Waals surface area contributed by atoms with E-state index in [1.54, 1.807) is 0 Å². The molecule has 0 amide bonds. The maximum Gasteiger partial charge on any atom is 0.133 e. The third kappa shape index (κ3) is 2.42. The molecule has 4 rings (SSSR count). The minimum atomic E-state index is -0.412. The van der Waals surface area contributed by atoms with Crippen molar-refractivity contribution in [1.82, 2.24) is 0 Å². The second-order valence-electron chi connectivity index (χ2n) is 9.96. The maximum absolute atomic E-state index is 12.1. The molecule has 8 atom stereocenters. The smallest absolute Gasteiger partial charge is 0.133 e. The zero-order valence-electron chi connectivity index (χ0n) is 15.2. The number of rotatable bonds is 1. The number of aliphatic hydroxyl groups is 1. The van der Waals surface area contributed by atoms with Crippen molar-refractivity contribution in [3.63, 3.8) is 0 Å². The first kappa shape index (κ1) is 16.1. The standard InChI is InChI=1S/C21H34O2/c1-13(22)18-6-7-19-17-5-4-14-12-20(2,23)10-8-15(14)16(17)9-11-21(18,19)3/h14-19,23H,4-12H2,1-3H3/t14-,15+,16+,17+,18+,19+,20-,21+/m0/s1. The lowest BCUT2D eigenvalue weighted by Crippen LogP contribution is -2.50. The van der Waals surface area contributed by atoms with E-state index >= 15 is 0 Å². The lowest BCUT2D eigenvalue weighted by atomic mass is 9.49. The Balaban J connectivity index is 1.56.